The van der Waals surface area contributed by atoms with Gasteiger partial charge in [-0.05, 0) is 42.8 Å². The molecule has 33 heavy (non-hydrogen) atoms. The second kappa shape index (κ2) is 8.90. The van der Waals surface area contributed by atoms with E-state index in [1.165, 1.54) is 6.92 Å². The fourth-order valence-corrected chi connectivity index (χ4v) is 4.15. The molecule has 8 nitrogen and oxygen atoms in total. The summed E-state index contributed by atoms with van der Waals surface area (Å²) in [6.07, 6.45) is 0. The number of anilines is 1. The van der Waals surface area contributed by atoms with Crippen molar-refractivity contribution in [3.8, 4) is 23.0 Å². The third-order valence-corrected chi connectivity index (χ3v) is 5.63. The van der Waals surface area contributed by atoms with Crippen molar-refractivity contribution in [1.29, 1.82) is 0 Å². The predicted molar refractivity (Wildman–Crippen MR) is 128 cm³/mol. The molecule has 0 saturated heterocycles. The van der Waals surface area contributed by atoms with E-state index >= 15 is 0 Å². The van der Waals surface area contributed by atoms with Gasteiger partial charge in [-0.2, -0.15) is 0 Å². The van der Waals surface area contributed by atoms with E-state index in [4.69, 9.17) is 18.9 Å². The number of aromatic nitrogens is 2. The quantitative estimate of drug-likeness (QED) is 0.434. The van der Waals surface area contributed by atoms with Crippen LogP contribution >= 0.6 is 0 Å². The Labute approximate surface area is 192 Å². The summed E-state index contributed by atoms with van der Waals surface area (Å²) in [7, 11) is 6.43. The number of ether oxygens (including phenoxy) is 4. The topological polar surface area (TPSA) is 83.8 Å². The number of carbonyl (C=O) groups is 1. The number of aryl methyl sites for hydroxylation is 1. The zero-order valence-electron chi connectivity index (χ0n) is 19.6. The first-order valence-corrected chi connectivity index (χ1v) is 10.5. The van der Waals surface area contributed by atoms with E-state index < -0.39 is 0 Å². The zero-order valence-corrected chi connectivity index (χ0v) is 19.6. The van der Waals surface area contributed by atoms with Gasteiger partial charge in [0.15, 0.2) is 0 Å². The van der Waals surface area contributed by atoms with Crippen molar-refractivity contribution in [3.63, 3.8) is 0 Å². The third kappa shape index (κ3) is 3.77. The van der Waals surface area contributed by atoms with Crippen molar-refractivity contribution < 1.29 is 23.7 Å². The normalized spacial score (nSPS) is 11.0. The molecule has 3 aromatic carbocycles. The van der Waals surface area contributed by atoms with Gasteiger partial charge in [0.05, 0.1) is 50.2 Å². The van der Waals surface area contributed by atoms with Crippen molar-refractivity contribution in [1.82, 2.24) is 9.55 Å². The number of nitrogens with zero attached hydrogens (tertiary/aromatic N) is 2. The molecule has 0 amide bonds. The standard InChI is InChI=1S/C25H27N3O5/c1-14-7-8-17-18(11-14)28(15(2)29)25(27-17)26-13-16-12-21(32-5)22-19(30-3)9-10-20(31-4)23(22)24(16)33-6/h7-12H,13H2,1-6H3,(H,26,27). The van der Waals surface area contributed by atoms with Gasteiger partial charge in [-0.25, -0.2) is 9.55 Å². The van der Waals surface area contributed by atoms with Crippen molar-refractivity contribution in [2.75, 3.05) is 33.8 Å². The van der Waals surface area contributed by atoms with Gasteiger partial charge < -0.3 is 24.3 Å². The molecule has 0 bridgehead atoms. The molecule has 4 aromatic rings. The van der Waals surface area contributed by atoms with E-state index in [2.05, 4.69) is 10.3 Å². The number of carbonyl (C=O) groups excluding carboxylic acids is 1. The van der Waals surface area contributed by atoms with Crippen LogP contribution in [0.4, 0.5) is 5.95 Å². The van der Waals surface area contributed by atoms with E-state index in [1.54, 1.807) is 33.0 Å². The Hall–Kier alpha value is -3.94. The van der Waals surface area contributed by atoms with Gasteiger partial charge in [-0.15, -0.1) is 0 Å². The first-order chi connectivity index (χ1) is 15.9. The van der Waals surface area contributed by atoms with Gasteiger partial charge in [0.2, 0.25) is 11.9 Å². The summed E-state index contributed by atoms with van der Waals surface area (Å²) in [6.45, 7) is 3.84. The third-order valence-electron chi connectivity index (χ3n) is 5.63. The molecule has 172 valence electrons. The number of rotatable bonds is 7. The Morgan fingerprint density at radius 1 is 0.909 bits per heavy atom. The number of hydrogen-bond donors (Lipinski definition) is 1. The van der Waals surface area contributed by atoms with Crippen LogP contribution in [0.3, 0.4) is 0 Å². The van der Waals surface area contributed by atoms with Crippen molar-refractivity contribution in [2.45, 2.75) is 20.4 Å². The van der Waals surface area contributed by atoms with Crippen molar-refractivity contribution in [2.24, 2.45) is 0 Å². The van der Waals surface area contributed by atoms with Crippen LogP contribution in [-0.2, 0) is 6.54 Å². The molecule has 0 aliphatic rings. The van der Waals surface area contributed by atoms with Gasteiger partial charge in [0, 0.05) is 19.0 Å². The lowest BCUT2D eigenvalue weighted by Gasteiger charge is -2.19. The molecule has 8 heteroatoms. The Bertz CT molecular complexity index is 1360. The molecule has 0 spiro atoms. The number of hydrogen-bond acceptors (Lipinski definition) is 7. The fraction of sp³-hybridized carbons (Fsp3) is 0.280. The Kier molecular flexibility index (Phi) is 6.00. The molecule has 4 rings (SSSR count). The van der Waals surface area contributed by atoms with Crippen molar-refractivity contribution in [3.05, 3.63) is 47.5 Å². The molecule has 0 radical (unpaired) electrons. The highest BCUT2D eigenvalue weighted by atomic mass is 16.5. The monoisotopic (exact) mass is 449 g/mol. The van der Waals surface area contributed by atoms with E-state index in [9.17, 15) is 4.79 Å². The van der Waals surface area contributed by atoms with Crippen LogP contribution in [0.15, 0.2) is 36.4 Å². The maximum Gasteiger partial charge on any atom is 0.230 e. The highest BCUT2D eigenvalue weighted by Gasteiger charge is 2.22. The molecule has 1 N–H and O–H groups in total. The van der Waals surface area contributed by atoms with Gasteiger partial charge in [0.25, 0.3) is 0 Å². The smallest absolute Gasteiger partial charge is 0.230 e. The summed E-state index contributed by atoms with van der Waals surface area (Å²) in [4.78, 5) is 17.1. The van der Waals surface area contributed by atoms with Gasteiger partial charge in [-0.3, -0.25) is 4.79 Å². The summed E-state index contributed by atoms with van der Waals surface area (Å²) in [5, 5.41) is 4.80. The number of methoxy groups -OCH3 is 4. The number of imidazole rings is 1. The lowest BCUT2D eigenvalue weighted by Crippen LogP contribution is -2.13. The predicted octanol–water partition coefficient (Wildman–Crippen LogP) is 4.80. The number of fused-ring (bicyclic) bond motifs is 2. The van der Waals surface area contributed by atoms with Crippen LogP contribution in [0.1, 0.15) is 22.8 Å². The average Bonchev–Trinajstić information content (AvgIpc) is 3.18. The molecule has 0 saturated carbocycles. The highest BCUT2D eigenvalue weighted by Crippen LogP contribution is 2.46. The summed E-state index contributed by atoms with van der Waals surface area (Å²) in [5.74, 6) is 2.86. The van der Waals surface area contributed by atoms with Gasteiger partial charge >= 0.3 is 0 Å². The van der Waals surface area contributed by atoms with Crippen LogP contribution in [0.2, 0.25) is 0 Å². The van der Waals surface area contributed by atoms with Crippen LogP contribution in [0.5, 0.6) is 23.0 Å². The van der Waals surface area contributed by atoms with Gasteiger partial charge in [-0.1, -0.05) is 6.07 Å². The van der Waals surface area contributed by atoms with E-state index in [-0.39, 0.29) is 5.91 Å². The van der Waals surface area contributed by atoms with E-state index in [0.29, 0.717) is 35.5 Å². The second-order valence-corrected chi connectivity index (χ2v) is 7.63. The lowest BCUT2D eigenvalue weighted by molar-refractivity contribution is 0.0943. The highest BCUT2D eigenvalue weighted by molar-refractivity contribution is 6.03. The first kappa shape index (κ1) is 22.3. The maximum atomic E-state index is 12.4. The molecule has 0 aliphatic heterocycles. The van der Waals surface area contributed by atoms with E-state index in [1.807, 2.05) is 43.3 Å². The minimum absolute atomic E-state index is 0.125. The summed E-state index contributed by atoms with van der Waals surface area (Å²) in [5.41, 5.74) is 3.37. The minimum Gasteiger partial charge on any atom is -0.496 e. The first-order valence-electron chi connectivity index (χ1n) is 10.5. The van der Waals surface area contributed by atoms with Gasteiger partial charge in [0.1, 0.15) is 23.0 Å². The largest absolute Gasteiger partial charge is 0.496 e. The number of nitrogens with one attached hydrogen (secondary N) is 1. The van der Waals surface area contributed by atoms with Crippen molar-refractivity contribution >= 4 is 33.7 Å². The molecule has 1 heterocycles. The lowest BCUT2D eigenvalue weighted by atomic mass is 10.0. The Morgan fingerprint density at radius 3 is 2.18 bits per heavy atom. The van der Waals surface area contributed by atoms with E-state index in [0.717, 1.165) is 32.9 Å². The Balaban J connectivity index is 1.85. The Morgan fingerprint density at radius 2 is 1.58 bits per heavy atom. The summed E-state index contributed by atoms with van der Waals surface area (Å²) >= 11 is 0. The molecule has 0 atom stereocenters. The van der Waals surface area contributed by atoms with Crippen LogP contribution in [0, 0.1) is 6.92 Å². The average molecular weight is 450 g/mol. The second-order valence-electron chi connectivity index (χ2n) is 7.63. The minimum atomic E-state index is -0.125. The van der Waals surface area contributed by atoms with Crippen LogP contribution in [0.25, 0.3) is 21.8 Å². The molecule has 0 unspecified atom stereocenters. The molecule has 0 fully saturated rings. The maximum absolute atomic E-state index is 12.4. The zero-order chi connectivity index (χ0) is 23.7. The number of benzene rings is 3. The SMILES string of the molecule is COc1ccc(OC)c2c(OC)c(CNc3nc4ccc(C)cc4n3C(C)=O)cc(OC)c12. The molecular formula is C25H27N3O5. The summed E-state index contributed by atoms with van der Waals surface area (Å²) < 4.78 is 24.3. The molecule has 1 aromatic heterocycles. The molecule has 0 aliphatic carbocycles. The van der Waals surface area contributed by atoms with Crippen LogP contribution < -0.4 is 24.3 Å². The van der Waals surface area contributed by atoms with Crippen LogP contribution in [-0.4, -0.2) is 43.9 Å². The summed E-state index contributed by atoms with van der Waals surface area (Å²) in [6, 6.07) is 11.4. The molecular weight excluding hydrogens is 422 g/mol. The fourth-order valence-electron chi connectivity index (χ4n) is 4.15.